The molecular formula is C52H97NO5. The van der Waals surface area contributed by atoms with Crippen LogP contribution in [0.1, 0.15) is 258 Å². The summed E-state index contributed by atoms with van der Waals surface area (Å²) in [6.45, 7) is 6.45. The van der Waals surface area contributed by atoms with Crippen LogP contribution in [0.4, 0.5) is 0 Å². The van der Waals surface area contributed by atoms with Gasteiger partial charge in [-0.3, -0.25) is 9.59 Å². The minimum absolute atomic E-state index is 0.0721. The summed E-state index contributed by atoms with van der Waals surface area (Å²) in [6, 6.07) is -0.701. The third-order valence-electron chi connectivity index (χ3n) is 11.5. The smallest absolute Gasteiger partial charge is 0.306 e. The lowest BCUT2D eigenvalue weighted by Gasteiger charge is -2.24. The molecule has 0 aromatic carbocycles. The predicted molar refractivity (Wildman–Crippen MR) is 250 cm³/mol. The van der Waals surface area contributed by atoms with E-state index < -0.39 is 18.2 Å². The molecule has 3 atom stereocenters. The number of ether oxygens (including phenoxy) is 1. The second-order valence-corrected chi connectivity index (χ2v) is 17.3. The van der Waals surface area contributed by atoms with Crippen LogP contribution in [0, 0.1) is 0 Å². The lowest BCUT2D eigenvalue weighted by Crippen LogP contribution is -2.46. The number of nitrogens with one attached hydrogen (secondary N) is 1. The van der Waals surface area contributed by atoms with Gasteiger partial charge in [0.25, 0.3) is 0 Å². The Bertz CT molecular complexity index is 961. The van der Waals surface area contributed by atoms with E-state index in [4.69, 9.17) is 4.74 Å². The predicted octanol–water partition coefficient (Wildman–Crippen LogP) is 14.9. The van der Waals surface area contributed by atoms with E-state index in [1.54, 1.807) is 0 Å². The van der Waals surface area contributed by atoms with Crippen molar-refractivity contribution in [2.75, 3.05) is 6.61 Å². The second-order valence-electron chi connectivity index (χ2n) is 17.3. The number of allylic oxidation sites excluding steroid dienone is 6. The summed E-state index contributed by atoms with van der Waals surface area (Å²) in [7, 11) is 0. The lowest BCUT2D eigenvalue weighted by molar-refractivity contribution is -0.151. The molecule has 0 radical (unpaired) electrons. The van der Waals surface area contributed by atoms with E-state index in [2.05, 4.69) is 62.5 Å². The molecule has 0 aliphatic carbocycles. The number of aliphatic hydroxyl groups is 2. The summed E-state index contributed by atoms with van der Waals surface area (Å²) < 4.78 is 5.91. The number of amides is 1. The molecule has 0 saturated carbocycles. The van der Waals surface area contributed by atoms with Gasteiger partial charge in [-0.05, 0) is 51.4 Å². The Morgan fingerprint density at radius 2 is 0.879 bits per heavy atom. The van der Waals surface area contributed by atoms with Crippen molar-refractivity contribution in [3.63, 3.8) is 0 Å². The minimum Gasteiger partial charge on any atom is -0.462 e. The standard InChI is InChI=1S/C52H97NO5/c1-4-7-10-13-16-19-21-23-24-25-26-27-28-30-33-36-39-42-45-52(57)58-48(43-40-37-34-31-18-15-12-9-6-3)46-51(56)53-49(47-54)50(55)44-41-38-35-32-29-22-20-17-14-11-8-5-2/h21,23-27,48-50,54-55H,4-20,22,28-47H2,1-3H3,(H,53,56)/b23-21+,25-24+,27-26+. The van der Waals surface area contributed by atoms with Gasteiger partial charge in [-0.25, -0.2) is 0 Å². The fourth-order valence-corrected chi connectivity index (χ4v) is 7.67. The monoisotopic (exact) mass is 816 g/mol. The molecule has 0 aliphatic rings. The maximum absolute atomic E-state index is 13.1. The summed E-state index contributed by atoms with van der Waals surface area (Å²) in [5, 5.41) is 23.7. The molecule has 0 spiro atoms. The molecular weight excluding hydrogens is 719 g/mol. The second kappa shape index (κ2) is 46.2. The molecule has 0 heterocycles. The number of esters is 1. The van der Waals surface area contributed by atoms with E-state index in [1.807, 2.05) is 0 Å². The Morgan fingerprint density at radius 3 is 1.31 bits per heavy atom. The van der Waals surface area contributed by atoms with Gasteiger partial charge in [-0.1, -0.05) is 231 Å². The summed E-state index contributed by atoms with van der Waals surface area (Å²) in [6.07, 6.45) is 53.4. The van der Waals surface area contributed by atoms with Gasteiger partial charge >= 0.3 is 5.97 Å². The third-order valence-corrected chi connectivity index (χ3v) is 11.5. The number of carbonyl (C=O) groups excluding carboxylic acids is 2. The summed E-state index contributed by atoms with van der Waals surface area (Å²) in [5.41, 5.74) is 0. The SMILES string of the molecule is CCCCCCC/C=C/C=C/C=C/CCCCCCCC(=O)OC(CCCCCCCCCCC)CC(=O)NC(CO)C(O)CCCCCCCCCCCCCC. The lowest BCUT2D eigenvalue weighted by atomic mass is 10.0. The zero-order chi connectivity index (χ0) is 42.4. The van der Waals surface area contributed by atoms with Crippen molar-refractivity contribution >= 4 is 11.9 Å². The average Bonchev–Trinajstić information content (AvgIpc) is 3.22. The van der Waals surface area contributed by atoms with Crippen molar-refractivity contribution < 1.29 is 24.5 Å². The number of carbonyl (C=O) groups is 2. The van der Waals surface area contributed by atoms with E-state index in [0.717, 1.165) is 70.6 Å². The number of unbranched alkanes of at least 4 members (excludes halogenated alkanes) is 29. The number of hydrogen-bond acceptors (Lipinski definition) is 5. The van der Waals surface area contributed by atoms with Crippen LogP contribution in [-0.2, 0) is 14.3 Å². The highest BCUT2D eigenvalue weighted by Crippen LogP contribution is 2.18. The van der Waals surface area contributed by atoms with Crippen LogP contribution in [0.5, 0.6) is 0 Å². The Balaban J connectivity index is 4.50. The van der Waals surface area contributed by atoms with Crippen LogP contribution in [0.2, 0.25) is 0 Å². The molecule has 0 saturated heterocycles. The van der Waals surface area contributed by atoms with Crippen LogP contribution in [0.3, 0.4) is 0 Å². The van der Waals surface area contributed by atoms with Gasteiger partial charge in [0.05, 0.1) is 25.2 Å². The molecule has 0 bridgehead atoms. The highest BCUT2D eigenvalue weighted by atomic mass is 16.5. The first-order chi connectivity index (χ1) is 28.5. The molecule has 0 fully saturated rings. The molecule has 340 valence electrons. The first kappa shape index (κ1) is 56.1. The van der Waals surface area contributed by atoms with E-state index >= 15 is 0 Å². The Labute approximate surface area is 360 Å². The van der Waals surface area contributed by atoms with Gasteiger partial charge in [-0.15, -0.1) is 0 Å². The summed E-state index contributed by atoms with van der Waals surface area (Å²) in [4.78, 5) is 26.0. The van der Waals surface area contributed by atoms with Gasteiger partial charge < -0.3 is 20.3 Å². The van der Waals surface area contributed by atoms with Crippen molar-refractivity contribution in [2.24, 2.45) is 0 Å². The molecule has 6 heteroatoms. The summed E-state index contributed by atoms with van der Waals surface area (Å²) >= 11 is 0. The normalized spacial score (nSPS) is 13.5. The molecule has 3 N–H and O–H groups in total. The van der Waals surface area contributed by atoms with Crippen LogP contribution in [0.25, 0.3) is 0 Å². The van der Waals surface area contributed by atoms with E-state index in [1.165, 1.54) is 141 Å². The first-order valence-electron chi connectivity index (χ1n) is 25.2. The molecule has 3 unspecified atom stereocenters. The number of hydrogen-bond donors (Lipinski definition) is 3. The topological polar surface area (TPSA) is 95.9 Å². The van der Waals surface area contributed by atoms with Gasteiger partial charge in [0, 0.05) is 6.42 Å². The molecule has 0 aliphatic heterocycles. The van der Waals surface area contributed by atoms with Crippen LogP contribution >= 0.6 is 0 Å². The average molecular weight is 816 g/mol. The number of rotatable bonds is 45. The Hall–Kier alpha value is -1.92. The van der Waals surface area contributed by atoms with Crippen molar-refractivity contribution in [1.82, 2.24) is 5.32 Å². The maximum atomic E-state index is 13.1. The van der Waals surface area contributed by atoms with Crippen LogP contribution < -0.4 is 5.32 Å². The quantitative estimate of drug-likeness (QED) is 0.0323. The summed E-state index contributed by atoms with van der Waals surface area (Å²) in [5.74, 6) is -0.490. The highest BCUT2D eigenvalue weighted by molar-refractivity contribution is 5.77. The third kappa shape index (κ3) is 40.8. The van der Waals surface area contributed by atoms with Gasteiger partial charge in [0.15, 0.2) is 0 Å². The van der Waals surface area contributed by atoms with E-state index in [0.29, 0.717) is 19.3 Å². The molecule has 58 heavy (non-hydrogen) atoms. The van der Waals surface area contributed by atoms with Crippen LogP contribution in [0.15, 0.2) is 36.5 Å². The van der Waals surface area contributed by atoms with Crippen molar-refractivity contribution in [2.45, 2.75) is 277 Å². The van der Waals surface area contributed by atoms with Gasteiger partial charge in [0.1, 0.15) is 6.10 Å². The molecule has 0 aromatic rings. The van der Waals surface area contributed by atoms with E-state index in [-0.39, 0.29) is 24.9 Å². The maximum Gasteiger partial charge on any atom is 0.306 e. The number of aliphatic hydroxyl groups excluding tert-OH is 2. The van der Waals surface area contributed by atoms with Crippen molar-refractivity contribution in [3.05, 3.63) is 36.5 Å². The Kier molecular flexibility index (Phi) is 44.6. The van der Waals surface area contributed by atoms with Gasteiger partial charge in [0.2, 0.25) is 5.91 Å². The minimum atomic E-state index is -0.787. The Morgan fingerprint density at radius 1 is 0.500 bits per heavy atom. The van der Waals surface area contributed by atoms with E-state index in [9.17, 15) is 19.8 Å². The zero-order valence-electron chi connectivity index (χ0n) is 38.7. The van der Waals surface area contributed by atoms with Crippen molar-refractivity contribution in [3.8, 4) is 0 Å². The van der Waals surface area contributed by atoms with Crippen LogP contribution in [-0.4, -0.2) is 46.9 Å². The molecule has 6 nitrogen and oxygen atoms in total. The largest absolute Gasteiger partial charge is 0.462 e. The molecule has 0 rings (SSSR count). The molecule has 1 amide bonds. The van der Waals surface area contributed by atoms with Gasteiger partial charge in [-0.2, -0.15) is 0 Å². The highest BCUT2D eigenvalue weighted by Gasteiger charge is 2.24. The molecule has 0 aromatic heterocycles. The fourth-order valence-electron chi connectivity index (χ4n) is 7.67. The first-order valence-corrected chi connectivity index (χ1v) is 25.2. The zero-order valence-corrected chi connectivity index (χ0v) is 38.7. The van der Waals surface area contributed by atoms with Crippen molar-refractivity contribution in [1.29, 1.82) is 0 Å². The fraction of sp³-hybridized carbons (Fsp3) is 0.846.